The normalized spacial score (nSPS) is 12.7. The van der Waals surface area contributed by atoms with Crippen molar-refractivity contribution in [2.75, 3.05) is 7.11 Å². The molecular weight excluding hydrogens is 288 g/mol. The molecule has 0 aromatic heterocycles. The van der Waals surface area contributed by atoms with Gasteiger partial charge in [0.25, 0.3) is 5.69 Å². The van der Waals surface area contributed by atoms with Gasteiger partial charge in [-0.05, 0) is 12.5 Å². The lowest BCUT2D eigenvalue weighted by Gasteiger charge is -2.14. The summed E-state index contributed by atoms with van der Waals surface area (Å²) in [7, 11) is -2.89. The van der Waals surface area contributed by atoms with Crippen LogP contribution < -0.4 is 4.72 Å². The fraction of sp³-hybridized carbons (Fsp3) is 0.364. The summed E-state index contributed by atoms with van der Waals surface area (Å²) in [5, 5.41) is 10.6. The first kappa shape index (κ1) is 16.1. The van der Waals surface area contributed by atoms with E-state index in [1.54, 1.807) is 6.92 Å². The highest BCUT2D eigenvalue weighted by Gasteiger charge is 2.25. The van der Waals surface area contributed by atoms with Crippen LogP contribution in [0.5, 0.6) is 0 Å². The summed E-state index contributed by atoms with van der Waals surface area (Å²) in [5.41, 5.74) is -0.348. The van der Waals surface area contributed by atoms with E-state index in [2.05, 4.69) is 9.46 Å². The second-order valence-electron chi connectivity index (χ2n) is 3.86. The highest BCUT2D eigenvalue weighted by Crippen LogP contribution is 2.17. The van der Waals surface area contributed by atoms with Gasteiger partial charge in [-0.1, -0.05) is 13.0 Å². The van der Waals surface area contributed by atoms with Crippen molar-refractivity contribution in [3.8, 4) is 0 Å². The Morgan fingerprint density at radius 3 is 2.65 bits per heavy atom. The van der Waals surface area contributed by atoms with Crippen LogP contribution in [0.2, 0.25) is 0 Å². The van der Waals surface area contributed by atoms with Crippen LogP contribution in [0.25, 0.3) is 0 Å². The van der Waals surface area contributed by atoms with Crippen molar-refractivity contribution >= 4 is 21.7 Å². The minimum Gasteiger partial charge on any atom is -0.468 e. The molecule has 0 spiro atoms. The molecule has 0 radical (unpaired) electrons. The molecule has 1 aromatic rings. The molecule has 1 atom stereocenters. The second kappa shape index (κ2) is 6.44. The third-order valence-electron chi connectivity index (χ3n) is 2.53. The summed E-state index contributed by atoms with van der Waals surface area (Å²) in [4.78, 5) is 21.0. The van der Waals surface area contributed by atoms with Gasteiger partial charge in [0.15, 0.2) is 0 Å². The Balaban J connectivity index is 3.07. The van der Waals surface area contributed by atoms with E-state index >= 15 is 0 Å². The van der Waals surface area contributed by atoms with Crippen LogP contribution in [-0.2, 0) is 19.6 Å². The first-order chi connectivity index (χ1) is 9.31. The monoisotopic (exact) mass is 302 g/mol. The smallest absolute Gasteiger partial charge is 0.323 e. The molecule has 20 heavy (non-hydrogen) atoms. The van der Waals surface area contributed by atoms with Crippen molar-refractivity contribution < 1.29 is 22.9 Å². The summed E-state index contributed by atoms with van der Waals surface area (Å²) >= 11 is 0. The number of ether oxygens (including phenoxy) is 1. The van der Waals surface area contributed by atoms with E-state index in [1.165, 1.54) is 18.2 Å². The Labute approximate surface area is 115 Å². The summed E-state index contributed by atoms with van der Waals surface area (Å²) in [6.45, 7) is 1.61. The van der Waals surface area contributed by atoms with Gasteiger partial charge in [-0.3, -0.25) is 14.9 Å². The van der Waals surface area contributed by atoms with Gasteiger partial charge in [0.2, 0.25) is 10.0 Å². The summed E-state index contributed by atoms with van der Waals surface area (Å²) in [6.07, 6.45) is 0.195. The molecule has 0 aliphatic carbocycles. The number of esters is 1. The molecule has 1 aromatic carbocycles. The molecule has 0 saturated heterocycles. The molecule has 0 heterocycles. The van der Waals surface area contributed by atoms with E-state index in [0.717, 1.165) is 13.2 Å². The van der Waals surface area contributed by atoms with Crippen molar-refractivity contribution in [3.63, 3.8) is 0 Å². The molecule has 1 N–H and O–H groups in total. The zero-order valence-corrected chi connectivity index (χ0v) is 11.7. The zero-order chi connectivity index (χ0) is 15.3. The Kier molecular flexibility index (Phi) is 5.17. The fourth-order valence-corrected chi connectivity index (χ4v) is 2.77. The Bertz CT molecular complexity index is 613. The van der Waals surface area contributed by atoms with Gasteiger partial charge in [-0.25, -0.2) is 8.42 Å². The van der Waals surface area contributed by atoms with E-state index in [1.807, 2.05) is 0 Å². The van der Waals surface area contributed by atoms with Crippen molar-refractivity contribution in [1.82, 2.24) is 4.72 Å². The standard InChI is InChI=1S/C11H14N2O6S/c1-3-10(11(14)19-2)12-20(17,18)9-6-4-5-8(7-9)13(15)16/h4-7,10,12H,3H2,1-2H3. The number of hydrogen-bond donors (Lipinski definition) is 1. The molecule has 0 amide bonds. The van der Waals surface area contributed by atoms with Crippen LogP contribution >= 0.6 is 0 Å². The van der Waals surface area contributed by atoms with Crippen molar-refractivity contribution in [2.45, 2.75) is 24.3 Å². The third-order valence-corrected chi connectivity index (χ3v) is 4.00. The predicted molar refractivity (Wildman–Crippen MR) is 69.5 cm³/mol. The van der Waals surface area contributed by atoms with Gasteiger partial charge in [-0.2, -0.15) is 4.72 Å². The van der Waals surface area contributed by atoms with Gasteiger partial charge in [-0.15, -0.1) is 0 Å². The molecule has 9 heteroatoms. The average Bonchev–Trinajstić information content (AvgIpc) is 2.44. The Hall–Kier alpha value is -2.00. The number of carbonyl (C=O) groups excluding carboxylic acids is 1. The van der Waals surface area contributed by atoms with Crippen molar-refractivity contribution in [1.29, 1.82) is 0 Å². The van der Waals surface area contributed by atoms with Gasteiger partial charge in [0.1, 0.15) is 6.04 Å². The van der Waals surface area contributed by atoms with Crippen LogP contribution in [-0.4, -0.2) is 32.5 Å². The van der Waals surface area contributed by atoms with Gasteiger partial charge >= 0.3 is 5.97 Å². The first-order valence-corrected chi connectivity index (χ1v) is 7.14. The van der Waals surface area contributed by atoms with Crippen LogP contribution in [0.15, 0.2) is 29.2 Å². The number of rotatable bonds is 6. The van der Waals surface area contributed by atoms with Crippen LogP contribution in [0.4, 0.5) is 5.69 Å². The highest BCUT2D eigenvalue weighted by molar-refractivity contribution is 7.89. The van der Waals surface area contributed by atoms with Gasteiger partial charge in [0, 0.05) is 12.1 Å². The molecule has 8 nitrogen and oxygen atoms in total. The number of nitrogens with one attached hydrogen (secondary N) is 1. The Morgan fingerprint density at radius 2 is 2.15 bits per heavy atom. The van der Waals surface area contributed by atoms with E-state index in [9.17, 15) is 23.3 Å². The number of benzene rings is 1. The second-order valence-corrected chi connectivity index (χ2v) is 5.57. The van der Waals surface area contributed by atoms with Gasteiger partial charge in [0.05, 0.1) is 16.9 Å². The van der Waals surface area contributed by atoms with Crippen LogP contribution in [0.3, 0.4) is 0 Å². The Morgan fingerprint density at radius 1 is 1.50 bits per heavy atom. The lowest BCUT2D eigenvalue weighted by atomic mass is 10.2. The number of carbonyl (C=O) groups is 1. The maximum absolute atomic E-state index is 12.1. The molecule has 0 bridgehead atoms. The van der Waals surface area contributed by atoms with Gasteiger partial charge < -0.3 is 4.74 Å². The van der Waals surface area contributed by atoms with E-state index < -0.39 is 27.0 Å². The maximum Gasteiger partial charge on any atom is 0.323 e. The number of hydrogen-bond acceptors (Lipinski definition) is 6. The SMILES string of the molecule is CCC(NS(=O)(=O)c1cccc([N+](=O)[O-])c1)C(=O)OC. The fourth-order valence-electron chi connectivity index (χ4n) is 1.46. The quantitative estimate of drug-likeness (QED) is 0.472. The number of methoxy groups -OCH3 is 1. The molecule has 0 aliphatic rings. The molecule has 1 unspecified atom stereocenters. The number of sulfonamides is 1. The average molecular weight is 302 g/mol. The van der Waals surface area contributed by atoms with Crippen LogP contribution in [0.1, 0.15) is 13.3 Å². The number of nitrogens with zero attached hydrogens (tertiary/aromatic N) is 1. The minimum atomic E-state index is -4.04. The largest absolute Gasteiger partial charge is 0.468 e. The lowest BCUT2D eigenvalue weighted by molar-refractivity contribution is -0.385. The zero-order valence-electron chi connectivity index (χ0n) is 10.9. The maximum atomic E-state index is 12.1. The minimum absolute atomic E-state index is 0.195. The topological polar surface area (TPSA) is 116 Å². The molecule has 0 saturated carbocycles. The molecule has 0 fully saturated rings. The number of non-ortho nitro benzene ring substituents is 1. The van der Waals surface area contributed by atoms with E-state index in [-0.39, 0.29) is 17.0 Å². The van der Waals surface area contributed by atoms with Crippen molar-refractivity contribution in [2.24, 2.45) is 0 Å². The first-order valence-electron chi connectivity index (χ1n) is 5.66. The predicted octanol–water partition coefficient (Wildman–Crippen LogP) is 0.825. The summed E-state index contributed by atoms with van der Waals surface area (Å²) in [6, 6.07) is 3.53. The lowest BCUT2D eigenvalue weighted by Crippen LogP contribution is -2.40. The summed E-state index contributed by atoms with van der Waals surface area (Å²) < 4.78 is 30.7. The van der Waals surface area contributed by atoms with Crippen molar-refractivity contribution in [3.05, 3.63) is 34.4 Å². The molecule has 0 aliphatic heterocycles. The van der Waals surface area contributed by atoms with E-state index in [4.69, 9.17) is 0 Å². The molecule has 110 valence electrons. The molecular formula is C11H14N2O6S. The third kappa shape index (κ3) is 3.75. The van der Waals surface area contributed by atoms with E-state index in [0.29, 0.717) is 0 Å². The number of nitro groups is 1. The van der Waals surface area contributed by atoms with Crippen LogP contribution in [0, 0.1) is 10.1 Å². The highest BCUT2D eigenvalue weighted by atomic mass is 32.2. The molecule has 1 rings (SSSR count). The number of nitro benzene ring substituents is 1. The summed E-state index contributed by atoms with van der Waals surface area (Å²) in [5.74, 6) is -0.721.